The van der Waals surface area contributed by atoms with Crippen molar-refractivity contribution in [3.05, 3.63) is 40.7 Å². The van der Waals surface area contributed by atoms with Gasteiger partial charge in [0.2, 0.25) is 5.95 Å². The Bertz CT molecular complexity index is 656. The minimum Gasteiger partial charge on any atom is -0.493 e. The highest BCUT2D eigenvalue weighted by molar-refractivity contribution is 6.29. The maximum atomic E-state index is 12.4. The van der Waals surface area contributed by atoms with Gasteiger partial charge in [-0.25, -0.2) is 9.97 Å². The molecule has 0 unspecified atom stereocenters. The van der Waals surface area contributed by atoms with Gasteiger partial charge in [0, 0.05) is 11.4 Å². The number of ether oxygens (including phenoxy) is 1. The summed E-state index contributed by atoms with van der Waals surface area (Å²) in [6.45, 7) is 4.01. The molecule has 0 fully saturated rings. The summed E-state index contributed by atoms with van der Waals surface area (Å²) in [5.74, 6) is 0.0858. The van der Waals surface area contributed by atoms with Gasteiger partial charge >= 0.3 is 0 Å². The molecule has 0 spiro atoms. The van der Waals surface area contributed by atoms with Crippen molar-refractivity contribution < 1.29 is 9.53 Å². The van der Waals surface area contributed by atoms with Crippen LogP contribution in [0.1, 0.15) is 23.0 Å². The number of carbonyl (C=O) groups is 1. The fourth-order valence-electron chi connectivity index (χ4n) is 1.82. The van der Waals surface area contributed by atoms with Crippen molar-refractivity contribution in [2.24, 2.45) is 0 Å². The van der Waals surface area contributed by atoms with Gasteiger partial charge in [0.15, 0.2) is 0 Å². The van der Waals surface area contributed by atoms with Gasteiger partial charge in [-0.3, -0.25) is 10.1 Å². The Kier molecular flexibility index (Phi) is 4.59. The third-order valence-corrected chi connectivity index (χ3v) is 2.83. The Morgan fingerprint density at radius 1 is 1.43 bits per heavy atom. The summed E-state index contributed by atoms with van der Waals surface area (Å²) >= 11 is 5.84. The van der Waals surface area contributed by atoms with E-state index in [9.17, 15) is 4.79 Å². The van der Waals surface area contributed by atoms with E-state index in [-0.39, 0.29) is 16.7 Å². The van der Waals surface area contributed by atoms with E-state index in [4.69, 9.17) is 22.1 Å². The fourth-order valence-corrected chi connectivity index (χ4v) is 2.05. The number of rotatable bonds is 4. The molecule has 6 nitrogen and oxygen atoms in total. The number of hydrogen-bond donors (Lipinski definition) is 2. The molecule has 0 radical (unpaired) electrons. The number of amides is 1. The molecule has 3 N–H and O–H groups in total. The number of nitrogens with zero attached hydrogens (tertiary/aromatic N) is 2. The highest BCUT2D eigenvalue weighted by Gasteiger charge is 2.17. The molecule has 1 aromatic carbocycles. The molecular formula is C14H15ClN4O2. The van der Waals surface area contributed by atoms with E-state index >= 15 is 0 Å². The predicted molar refractivity (Wildman–Crippen MR) is 81.8 cm³/mol. The molecule has 0 saturated carbocycles. The molecule has 110 valence electrons. The van der Waals surface area contributed by atoms with Crippen LogP contribution in [-0.2, 0) is 0 Å². The van der Waals surface area contributed by atoms with Crippen LogP contribution in [0, 0.1) is 6.92 Å². The first kappa shape index (κ1) is 15.1. The Labute approximate surface area is 127 Å². The van der Waals surface area contributed by atoms with Crippen LogP contribution >= 0.6 is 11.6 Å². The highest BCUT2D eigenvalue weighted by atomic mass is 35.5. The molecular weight excluding hydrogens is 292 g/mol. The van der Waals surface area contributed by atoms with Crippen molar-refractivity contribution in [2.45, 2.75) is 13.8 Å². The van der Waals surface area contributed by atoms with Crippen LogP contribution in [0.5, 0.6) is 5.75 Å². The number of carbonyl (C=O) groups excluding carboxylic acids is 1. The van der Waals surface area contributed by atoms with E-state index in [1.54, 1.807) is 31.2 Å². The van der Waals surface area contributed by atoms with Crippen molar-refractivity contribution >= 4 is 29.1 Å². The zero-order chi connectivity index (χ0) is 15.4. The van der Waals surface area contributed by atoms with Gasteiger partial charge in [0.1, 0.15) is 16.5 Å². The molecule has 0 bridgehead atoms. The maximum Gasteiger partial charge on any atom is 0.263 e. The summed E-state index contributed by atoms with van der Waals surface area (Å²) < 4.78 is 5.42. The summed E-state index contributed by atoms with van der Waals surface area (Å²) in [4.78, 5) is 20.4. The number of aryl methyl sites for hydroxylation is 1. The molecule has 1 aromatic heterocycles. The van der Waals surface area contributed by atoms with Gasteiger partial charge in [-0.05, 0) is 32.0 Å². The van der Waals surface area contributed by atoms with Crippen LogP contribution < -0.4 is 15.8 Å². The molecule has 1 amide bonds. The Balaban J connectivity index is 2.32. The topological polar surface area (TPSA) is 90.1 Å². The lowest BCUT2D eigenvalue weighted by Gasteiger charge is -2.12. The number of benzene rings is 1. The van der Waals surface area contributed by atoms with Gasteiger partial charge in [-0.15, -0.1) is 0 Å². The standard InChI is InChI=1S/C14H15ClN4O2/c1-3-21-10-6-4-5-9(16)12(10)13(20)19-14-17-8(2)7-11(15)18-14/h4-7H,3,16H2,1-2H3,(H,17,18,19,20). The van der Waals surface area contributed by atoms with E-state index in [0.29, 0.717) is 23.7 Å². The summed E-state index contributed by atoms with van der Waals surface area (Å²) in [5, 5.41) is 2.83. The molecule has 0 aliphatic rings. The van der Waals surface area contributed by atoms with Crippen LogP contribution in [0.3, 0.4) is 0 Å². The zero-order valence-corrected chi connectivity index (χ0v) is 12.4. The molecule has 7 heteroatoms. The van der Waals surface area contributed by atoms with Crippen LogP contribution in [-0.4, -0.2) is 22.5 Å². The summed E-state index contributed by atoms with van der Waals surface area (Å²) in [5.41, 5.74) is 7.08. The maximum absolute atomic E-state index is 12.4. The van der Waals surface area contributed by atoms with Crippen molar-refractivity contribution in [3.8, 4) is 5.75 Å². The van der Waals surface area contributed by atoms with Crippen LogP contribution in [0.2, 0.25) is 5.15 Å². The first-order valence-electron chi connectivity index (χ1n) is 6.35. The van der Waals surface area contributed by atoms with Crippen molar-refractivity contribution in [2.75, 3.05) is 17.7 Å². The minimum absolute atomic E-state index is 0.121. The Hall–Kier alpha value is -2.34. The van der Waals surface area contributed by atoms with E-state index in [0.717, 1.165) is 0 Å². The highest BCUT2D eigenvalue weighted by Crippen LogP contribution is 2.25. The molecule has 2 rings (SSSR count). The Morgan fingerprint density at radius 3 is 2.86 bits per heavy atom. The van der Waals surface area contributed by atoms with Crippen molar-refractivity contribution in [1.29, 1.82) is 0 Å². The number of aromatic nitrogens is 2. The van der Waals surface area contributed by atoms with Gasteiger partial charge in [0.05, 0.1) is 6.61 Å². The predicted octanol–water partition coefficient (Wildman–Crippen LogP) is 2.67. The van der Waals surface area contributed by atoms with E-state index in [1.165, 1.54) is 0 Å². The fraction of sp³-hybridized carbons (Fsp3) is 0.214. The van der Waals surface area contributed by atoms with Crippen molar-refractivity contribution in [1.82, 2.24) is 9.97 Å². The quantitative estimate of drug-likeness (QED) is 0.669. The smallest absolute Gasteiger partial charge is 0.263 e. The number of hydrogen-bond acceptors (Lipinski definition) is 5. The normalized spacial score (nSPS) is 10.2. The monoisotopic (exact) mass is 306 g/mol. The van der Waals surface area contributed by atoms with E-state index in [2.05, 4.69) is 15.3 Å². The third-order valence-electron chi connectivity index (χ3n) is 2.63. The molecule has 21 heavy (non-hydrogen) atoms. The molecule has 0 aliphatic carbocycles. The van der Waals surface area contributed by atoms with Crippen LogP contribution in [0.25, 0.3) is 0 Å². The molecule has 1 heterocycles. The number of anilines is 2. The molecule has 0 atom stereocenters. The lowest BCUT2D eigenvalue weighted by atomic mass is 10.1. The second kappa shape index (κ2) is 6.41. The van der Waals surface area contributed by atoms with E-state index in [1.807, 2.05) is 6.92 Å². The van der Waals surface area contributed by atoms with Gasteiger partial charge in [0.25, 0.3) is 5.91 Å². The minimum atomic E-state index is -0.446. The molecule has 0 aliphatic heterocycles. The average molecular weight is 307 g/mol. The SMILES string of the molecule is CCOc1cccc(N)c1C(=O)Nc1nc(C)cc(Cl)n1. The average Bonchev–Trinajstić information content (AvgIpc) is 2.37. The summed E-state index contributed by atoms with van der Waals surface area (Å²) in [6.07, 6.45) is 0. The van der Waals surface area contributed by atoms with Gasteiger partial charge in [-0.1, -0.05) is 17.7 Å². The number of nitrogens with two attached hydrogens (primary N) is 1. The number of nitrogen functional groups attached to an aromatic ring is 1. The number of nitrogens with one attached hydrogen (secondary N) is 1. The zero-order valence-electron chi connectivity index (χ0n) is 11.7. The molecule has 2 aromatic rings. The van der Waals surface area contributed by atoms with E-state index < -0.39 is 5.91 Å². The summed E-state index contributed by atoms with van der Waals surface area (Å²) in [6, 6.07) is 6.62. The summed E-state index contributed by atoms with van der Waals surface area (Å²) in [7, 11) is 0. The second-order valence-electron chi connectivity index (χ2n) is 4.26. The lowest BCUT2D eigenvalue weighted by molar-refractivity contribution is 0.102. The third kappa shape index (κ3) is 3.61. The van der Waals surface area contributed by atoms with Crippen LogP contribution in [0.15, 0.2) is 24.3 Å². The largest absolute Gasteiger partial charge is 0.493 e. The van der Waals surface area contributed by atoms with Crippen molar-refractivity contribution in [3.63, 3.8) is 0 Å². The van der Waals surface area contributed by atoms with Crippen LogP contribution in [0.4, 0.5) is 11.6 Å². The van der Waals surface area contributed by atoms with Gasteiger partial charge in [-0.2, -0.15) is 0 Å². The first-order valence-corrected chi connectivity index (χ1v) is 6.73. The first-order chi connectivity index (χ1) is 10.0. The Morgan fingerprint density at radius 2 is 2.19 bits per heavy atom. The molecule has 0 saturated heterocycles. The number of halogens is 1. The second-order valence-corrected chi connectivity index (χ2v) is 4.65. The lowest BCUT2D eigenvalue weighted by Crippen LogP contribution is -2.17. The van der Waals surface area contributed by atoms with Gasteiger partial charge < -0.3 is 10.5 Å².